The van der Waals surface area contributed by atoms with Crippen molar-refractivity contribution in [3.8, 4) is 0 Å². The summed E-state index contributed by atoms with van der Waals surface area (Å²) < 4.78 is 5.78. The van der Waals surface area contributed by atoms with Crippen LogP contribution in [0.3, 0.4) is 0 Å². The lowest BCUT2D eigenvalue weighted by molar-refractivity contribution is 0.0343. The average molecular weight is 279 g/mol. The van der Waals surface area contributed by atoms with Crippen molar-refractivity contribution in [1.82, 2.24) is 25.3 Å². The van der Waals surface area contributed by atoms with E-state index < -0.39 is 11.2 Å². The monoisotopic (exact) mass is 279 g/mol. The van der Waals surface area contributed by atoms with Crippen molar-refractivity contribution in [1.29, 1.82) is 0 Å². The van der Waals surface area contributed by atoms with Crippen molar-refractivity contribution >= 4 is 11.2 Å². The SMILES string of the molecule is O=c1[nH]c(=O)c2[nH]c(CCOC3CCNCC3)nc2[nH]1. The Kier molecular flexibility index (Phi) is 3.66. The van der Waals surface area contributed by atoms with Gasteiger partial charge < -0.3 is 15.0 Å². The van der Waals surface area contributed by atoms with E-state index >= 15 is 0 Å². The minimum absolute atomic E-state index is 0.288. The van der Waals surface area contributed by atoms with Crippen LogP contribution in [0.2, 0.25) is 0 Å². The molecule has 0 aromatic carbocycles. The Bertz CT molecular complexity index is 695. The van der Waals surface area contributed by atoms with Gasteiger partial charge in [0.25, 0.3) is 5.56 Å². The summed E-state index contributed by atoms with van der Waals surface area (Å²) in [4.78, 5) is 34.4. The van der Waals surface area contributed by atoms with Crippen molar-refractivity contribution in [2.24, 2.45) is 0 Å². The molecular formula is C12H17N5O3. The number of nitrogens with zero attached hydrogens (tertiary/aromatic N) is 1. The minimum atomic E-state index is -0.550. The van der Waals surface area contributed by atoms with Gasteiger partial charge in [-0.15, -0.1) is 0 Å². The predicted molar refractivity (Wildman–Crippen MR) is 72.9 cm³/mol. The zero-order chi connectivity index (χ0) is 13.9. The van der Waals surface area contributed by atoms with Crippen LogP contribution in [0.4, 0.5) is 0 Å². The fourth-order valence-electron chi connectivity index (χ4n) is 2.38. The molecule has 20 heavy (non-hydrogen) atoms. The number of rotatable bonds is 4. The second-order valence-corrected chi connectivity index (χ2v) is 4.89. The molecule has 1 aliphatic heterocycles. The standard InChI is InChI=1S/C12H17N5O3/c18-11-9-10(16-12(19)17-11)15-8(14-9)3-6-20-7-1-4-13-5-2-7/h7,13H,1-6H2,(H3,14,15,16,17,18,19). The lowest BCUT2D eigenvalue weighted by Crippen LogP contribution is -2.32. The van der Waals surface area contributed by atoms with Crippen LogP contribution in [0.1, 0.15) is 18.7 Å². The summed E-state index contributed by atoms with van der Waals surface area (Å²) in [6.45, 7) is 2.53. The molecule has 0 bridgehead atoms. The largest absolute Gasteiger partial charge is 0.378 e. The predicted octanol–water partition coefficient (Wildman–Crippen LogP) is -0.749. The van der Waals surface area contributed by atoms with Crippen LogP contribution in [0.15, 0.2) is 9.59 Å². The highest BCUT2D eigenvalue weighted by molar-refractivity contribution is 5.68. The molecule has 1 aliphatic rings. The van der Waals surface area contributed by atoms with Gasteiger partial charge in [-0.05, 0) is 25.9 Å². The van der Waals surface area contributed by atoms with Gasteiger partial charge in [-0.3, -0.25) is 14.8 Å². The van der Waals surface area contributed by atoms with Crippen molar-refractivity contribution in [3.63, 3.8) is 0 Å². The maximum absolute atomic E-state index is 11.5. The molecule has 0 amide bonds. The Morgan fingerprint density at radius 3 is 2.75 bits per heavy atom. The van der Waals surface area contributed by atoms with Crippen LogP contribution in [-0.2, 0) is 11.2 Å². The molecule has 0 spiro atoms. The van der Waals surface area contributed by atoms with E-state index in [1.165, 1.54) is 0 Å². The van der Waals surface area contributed by atoms with E-state index in [9.17, 15) is 9.59 Å². The number of fused-ring (bicyclic) bond motifs is 1. The molecule has 108 valence electrons. The Morgan fingerprint density at radius 1 is 1.15 bits per heavy atom. The Hall–Kier alpha value is -1.93. The van der Waals surface area contributed by atoms with E-state index in [2.05, 4.69) is 25.3 Å². The van der Waals surface area contributed by atoms with Gasteiger partial charge in [0, 0.05) is 6.42 Å². The molecule has 2 aromatic rings. The maximum atomic E-state index is 11.5. The average Bonchev–Trinajstić information content (AvgIpc) is 2.83. The van der Waals surface area contributed by atoms with E-state index in [0.29, 0.717) is 30.5 Å². The van der Waals surface area contributed by atoms with Crippen LogP contribution in [0.5, 0.6) is 0 Å². The number of nitrogens with one attached hydrogen (secondary N) is 4. The van der Waals surface area contributed by atoms with Crippen LogP contribution in [-0.4, -0.2) is 45.7 Å². The van der Waals surface area contributed by atoms with E-state index in [0.717, 1.165) is 25.9 Å². The second kappa shape index (κ2) is 5.59. The van der Waals surface area contributed by atoms with Gasteiger partial charge in [0.2, 0.25) is 0 Å². The van der Waals surface area contributed by atoms with Gasteiger partial charge in [-0.25, -0.2) is 9.78 Å². The summed E-state index contributed by atoms with van der Waals surface area (Å²) in [5, 5.41) is 3.28. The number of aromatic nitrogens is 4. The molecule has 8 nitrogen and oxygen atoms in total. The molecule has 0 radical (unpaired) electrons. The summed E-state index contributed by atoms with van der Waals surface area (Å²) in [6.07, 6.45) is 2.92. The number of ether oxygens (including phenoxy) is 1. The van der Waals surface area contributed by atoms with Gasteiger partial charge in [0.1, 0.15) is 11.3 Å². The molecule has 2 aromatic heterocycles. The number of imidazole rings is 1. The highest BCUT2D eigenvalue weighted by atomic mass is 16.5. The smallest absolute Gasteiger partial charge is 0.327 e. The number of piperidine rings is 1. The van der Waals surface area contributed by atoms with Gasteiger partial charge in [-0.2, -0.15) is 0 Å². The summed E-state index contributed by atoms with van der Waals surface area (Å²) in [7, 11) is 0. The first-order valence-corrected chi connectivity index (χ1v) is 6.76. The first kappa shape index (κ1) is 13.1. The zero-order valence-corrected chi connectivity index (χ0v) is 11.0. The quantitative estimate of drug-likeness (QED) is 0.588. The van der Waals surface area contributed by atoms with Crippen LogP contribution >= 0.6 is 0 Å². The fraction of sp³-hybridized carbons (Fsp3) is 0.583. The molecule has 0 unspecified atom stereocenters. The van der Waals surface area contributed by atoms with Crippen molar-refractivity contribution in [3.05, 3.63) is 26.7 Å². The zero-order valence-electron chi connectivity index (χ0n) is 11.0. The molecule has 0 saturated carbocycles. The van der Waals surface area contributed by atoms with E-state index in [-0.39, 0.29) is 5.65 Å². The topological polar surface area (TPSA) is 116 Å². The molecule has 0 aliphatic carbocycles. The van der Waals surface area contributed by atoms with Gasteiger partial charge >= 0.3 is 5.69 Å². The fourth-order valence-corrected chi connectivity index (χ4v) is 2.38. The van der Waals surface area contributed by atoms with Crippen molar-refractivity contribution in [2.45, 2.75) is 25.4 Å². The van der Waals surface area contributed by atoms with Gasteiger partial charge in [-0.1, -0.05) is 0 Å². The highest BCUT2D eigenvalue weighted by Crippen LogP contribution is 2.08. The summed E-state index contributed by atoms with van der Waals surface area (Å²) in [6, 6.07) is 0. The van der Waals surface area contributed by atoms with Crippen LogP contribution in [0, 0.1) is 0 Å². The molecule has 1 fully saturated rings. The number of hydrogen-bond acceptors (Lipinski definition) is 5. The molecule has 4 N–H and O–H groups in total. The summed E-state index contributed by atoms with van der Waals surface area (Å²) in [5.41, 5.74) is -0.426. The first-order valence-electron chi connectivity index (χ1n) is 6.76. The second-order valence-electron chi connectivity index (χ2n) is 4.89. The lowest BCUT2D eigenvalue weighted by atomic mass is 10.1. The van der Waals surface area contributed by atoms with E-state index in [4.69, 9.17) is 4.74 Å². The number of H-pyrrole nitrogens is 3. The van der Waals surface area contributed by atoms with E-state index in [1.54, 1.807) is 0 Å². The first-order chi connectivity index (χ1) is 9.72. The Labute approximate surface area is 114 Å². The third kappa shape index (κ3) is 2.81. The maximum Gasteiger partial charge on any atom is 0.327 e. The Balaban J connectivity index is 1.64. The van der Waals surface area contributed by atoms with E-state index in [1.807, 2.05) is 0 Å². The van der Waals surface area contributed by atoms with Gasteiger partial charge in [0.15, 0.2) is 5.65 Å². The molecular weight excluding hydrogens is 262 g/mol. The minimum Gasteiger partial charge on any atom is -0.378 e. The highest BCUT2D eigenvalue weighted by Gasteiger charge is 2.13. The van der Waals surface area contributed by atoms with Crippen LogP contribution in [0.25, 0.3) is 11.2 Å². The molecule has 3 heterocycles. The summed E-state index contributed by atoms with van der Waals surface area (Å²) >= 11 is 0. The molecule has 1 saturated heterocycles. The number of hydrogen-bond donors (Lipinski definition) is 4. The molecule has 8 heteroatoms. The third-order valence-corrected chi connectivity index (χ3v) is 3.42. The lowest BCUT2D eigenvalue weighted by Gasteiger charge is -2.22. The number of aromatic amines is 3. The third-order valence-electron chi connectivity index (χ3n) is 3.42. The normalized spacial score (nSPS) is 16.8. The van der Waals surface area contributed by atoms with Crippen molar-refractivity contribution in [2.75, 3.05) is 19.7 Å². The molecule has 3 rings (SSSR count). The van der Waals surface area contributed by atoms with Crippen LogP contribution < -0.4 is 16.6 Å². The van der Waals surface area contributed by atoms with Gasteiger partial charge in [0.05, 0.1) is 12.7 Å². The molecule has 0 atom stereocenters. The summed E-state index contributed by atoms with van der Waals surface area (Å²) in [5.74, 6) is 0.640. The van der Waals surface area contributed by atoms with Crippen molar-refractivity contribution < 1.29 is 4.74 Å². The Morgan fingerprint density at radius 2 is 1.95 bits per heavy atom.